The van der Waals surface area contributed by atoms with Crippen LogP contribution in [0.3, 0.4) is 0 Å². The van der Waals surface area contributed by atoms with E-state index in [2.05, 4.69) is 6.92 Å². The molecule has 0 aliphatic rings. The van der Waals surface area contributed by atoms with E-state index in [0.29, 0.717) is 12.4 Å². The predicted octanol–water partition coefficient (Wildman–Crippen LogP) is 3.73. The number of alkyl halides is 1. The van der Waals surface area contributed by atoms with Crippen molar-refractivity contribution < 1.29 is 9.53 Å². The molecular formula is C13H17ClO2. The Bertz CT molecular complexity index is 350. The van der Waals surface area contributed by atoms with Crippen LogP contribution in [-0.4, -0.2) is 12.4 Å². The Morgan fingerprint density at radius 3 is 2.75 bits per heavy atom. The minimum absolute atomic E-state index is 0.0618. The molecule has 1 aromatic rings. The average Bonchev–Trinajstić information content (AvgIpc) is 2.29. The molecule has 0 saturated heterocycles. The van der Waals surface area contributed by atoms with Gasteiger partial charge >= 0.3 is 0 Å². The Balaban J connectivity index is 2.79. The third-order valence-electron chi connectivity index (χ3n) is 2.30. The number of halogens is 1. The maximum absolute atomic E-state index is 11.2. The molecule has 0 heterocycles. The smallest absolute Gasteiger partial charge is 0.152 e. The molecule has 0 fully saturated rings. The Hall–Kier alpha value is -1.02. The Morgan fingerprint density at radius 1 is 1.44 bits per heavy atom. The molecule has 1 rings (SSSR count). The van der Waals surface area contributed by atoms with Gasteiger partial charge in [0.1, 0.15) is 11.1 Å². The van der Waals surface area contributed by atoms with Crippen LogP contribution in [0.1, 0.15) is 37.6 Å². The van der Waals surface area contributed by atoms with Gasteiger partial charge in [-0.2, -0.15) is 0 Å². The third-order valence-corrected chi connectivity index (χ3v) is 2.85. The molecular weight excluding hydrogens is 224 g/mol. The van der Waals surface area contributed by atoms with Crippen molar-refractivity contribution in [1.82, 2.24) is 0 Å². The predicted molar refractivity (Wildman–Crippen MR) is 66.1 cm³/mol. The summed E-state index contributed by atoms with van der Waals surface area (Å²) in [6.07, 6.45) is 2.08. The topological polar surface area (TPSA) is 26.3 Å². The van der Waals surface area contributed by atoms with Gasteiger partial charge in [0.25, 0.3) is 0 Å². The number of para-hydroxylation sites is 1. The highest BCUT2D eigenvalue weighted by atomic mass is 35.5. The van der Waals surface area contributed by atoms with E-state index in [4.69, 9.17) is 16.3 Å². The highest BCUT2D eigenvalue weighted by molar-refractivity contribution is 6.31. The summed E-state index contributed by atoms with van der Waals surface area (Å²) in [6, 6.07) is 7.43. The molecule has 1 unspecified atom stereocenters. The van der Waals surface area contributed by atoms with Gasteiger partial charge in [-0.05, 0) is 19.4 Å². The molecule has 0 radical (unpaired) electrons. The zero-order valence-electron chi connectivity index (χ0n) is 9.70. The summed E-state index contributed by atoms with van der Waals surface area (Å²) in [7, 11) is 0. The van der Waals surface area contributed by atoms with Gasteiger partial charge < -0.3 is 4.74 Å². The fraction of sp³-hybridized carbons (Fsp3) is 0.462. The monoisotopic (exact) mass is 240 g/mol. The van der Waals surface area contributed by atoms with Crippen molar-refractivity contribution >= 4 is 17.4 Å². The van der Waals surface area contributed by atoms with Crippen LogP contribution in [-0.2, 0) is 4.79 Å². The second kappa shape index (κ2) is 6.54. The lowest BCUT2D eigenvalue weighted by Gasteiger charge is -2.13. The van der Waals surface area contributed by atoms with Crippen LogP contribution in [0.4, 0.5) is 0 Å². The van der Waals surface area contributed by atoms with Gasteiger partial charge in [-0.15, -0.1) is 11.6 Å². The lowest BCUT2D eigenvalue weighted by atomic mass is 10.1. The first-order chi connectivity index (χ1) is 7.66. The van der Waals surface area contributed by atoms with Crippen molar-refractivity contribution in [3.05, 3.63) is 29.8 Å². The molecule has 0 amide bonds. The molecule has 0 aromatic heterocycles. The molecule has 0 saturated carbocycles. The first kappa shape index (κ1) is 13.0. The zero-order valence-corrected chi connectivity index (χ0v) is 10.5. The van der Waals surface area contributed by atoms with E-state index in [-0.39, 0.29) is 5.78 Å². The number of carbonyl (C=O) groups excluding carboxylic acids is 1. The summed E-state index contributed by atoms with van der Waals surface area (Å²) < 4.78 is 5.61. The van der Waals surface area contributed by atoms with Crippen molar-refractivity contribution in [2.45, 2.75) is 32.1 Å². The molecule has 88 valence electrons. The summed E-state index contributed by atoms with van der Waals surface area (Å²) in [5, 5.41) is -0.613. The lowest BCUT2D eigenvalue weighted by Crippen LogP contribution is -2.06. The van der Waals surface area contributed by atoms with Gasteiger partial charge in [-0.1, -0.05) is 31.5 Å². The van der Waals surface area contributed by atoms with Gasteiger partial charge in [0, 0.05) is 5.56 Å². The van der Waals surface area contributed by atoms with Crippen molar-refractivity contribution in [3.8, 4) is 5.75 Å². The fourth-order valence-corrected chi connectivity index (χ4v) is 1.55. The van der Waals surface area contributed by atoms with E-state index in [1.54, 1.807) is 0 Å². The molecule has 0 aliphatic carbocycles. The molecule has 0 spiro atoms. The number of ether oxygens (including phenoxy) is 1. The van der Waals surface area contributed by atoms with Gasteiger partial charge in [-0.25, -0.2) is 0 Å². The summed E-state index contributed by atoms with van der Waals surface area (Å²) in [5.41, 5.74) is 0.757. The molecule has 16 heavy (non-hydrogen) atoms. The average molecular weight is 241 g/mol. The quantitative estimate of drug-likeness (QED) is 0.559. The van der Waals surface area contributed by atoms with Crippen LogP contribution in [0.15, 0.2) is 24.3 Å². The SMILES string of the molecule is CCCCOc1ccccc1C(Cl)C(C)=O. The van der Waals surface area contributed by atoms with Gasteiger partial charge in [0.05, 0.1) is 6.61 Å². The minimum Gasteiger partial charge on any atom is -0.493 e. The van der Waals surface area contributed by atoms with Crippen LogP contribution >= 0.6 is 11.6 Å². The van der Waals surface area contributed by atoms with Gasteiger partial charge in [-0.3, -0.25) is 4.79 Å². The Labute approximate surface area is 102 Å². The number of hydrogen-bond donors (Lipinski definition) is 0. The number of carbonyl (C=O) groups is 1. The Morgan fingerprint density at radius 2 is 2.12 bits per heavy atom. The molecule has 1 atom stereocenters. The molecule has 2 nitrogen and oxygen atoms in total. The highest BCUT2D eigenvalue weighted by Gasteiger charge is 2.17. The Kier molecular flexibility index (Phi) is 5.33. The van der Waals surface area contributed by atoms with Crippen LogP contribution in [0, 0.1) is 0 Å². The standard InChI is InChI=1S/C13H17ClO2/c1-3-4-9-16-12-8-6-5-7-11(12)13(14)10(2)15/h5-8,13H,3-4,9H2,1-2H3. The second-order valence-electron chi connectivity index (χ2n) is 3.71. The van der Waals surface area contributed by atoms with Crippen LogP contribution in [0.5, 0.6) is 5.75 Å². The summed E-state index contributed by atoms with van der Waals surface area (Å²) in [4.78, 5) is 11.2. The number of Topliss-reactive ketones (excluding diaryl/α,β-unsaturated/α-hetero) is 1. The first-order valence-electron chi connectivity index (χ1n) is 5.53. The zero-order chi connectivity index (χ0) is 12.0. The summed E-state index contributed by atoms with van der Waals surface area (Å²) >= 11 is 6.03. The largest absolute Gasteiger partial charge is 0.493 e. The van der Waals surface area contributed by atoms with Crippen molar-refractivity contribution in [2.75, 3.05) is 6.61 Å². The van der Waals surface area contributed by atoms with E-state index in [1.165, 1.54) is 6.92 Å². The maximum Gasteiger partial charge on any atom is 0.152 e. The van der Waals surface area contributed by atoms with Crippen LogP contribution in [0.2, 0.25) is 0 Å². The van der Waals surface area contributed by atoms with Crippen molar-refractivity contribution in [2.24, 2.45) is 0 Å². The minimum atomic E-state index is -0.613. The molecule has 0 bridgehead atoms. The van der Waals surface area contributed by atoms with Crippen LogP contribution < -0.4 is 4.74 Å². The molecule has 0 N–H and O–H groups in total. The molecule has 1 aromatic carbocycles. The van der Waals surface area contributed by atoms with Crippen molar-refractivity contribution in [3.63, 3.8) is 0 Å². The van der Waals surface area contributed by atoms with E-state index in [1.807, 2.05) is 24.3 Å². The second-order valence-corrected chi connectivity index (χ2v) is 4.15. The number of unbranched alkanes of at least 4 members (excludes halogenated alkanes) is 1. The molecule has 0 aliphatic heterocycles. The highest BCUT2D eigenvalue weighted by Crippen LogP contribution is 2.30. The van der Waals surface area contributed by atoms with Gasteiger partial charge in [0.2, 0.25) is 0 Å². The summed E-state index contributed by atoms with van der Waals surface area (Å²) in [5.74, 6) is 0.652. The lowest BCUT2D eigenvalue weighted by molar-refractivity contribution is -0.116. The van der Waals surface area contributed by atoms with Crippen LogP contribution in [0.25, 0.3) is 0 Å². The van der Waals surface area contributed by atoms with Gasteiger partial charge in [0.15, 0.2) is 5.78 Å². The fourth-order valence-electron chi connectivity index (χ4n) is 1.37. The number of rotatable bonds is 6. The van der Waals surface area contributed by atoms with E-state index < -0.39 is 5.38 Å². The van der Waals surface area contributed by atoms with Crippen molar-refractivity contribution in [1.29, 1.82) is 0 Å². The first-order valence-corrected chi connectivity index (χ1v) is 5.96. The summed E-state index contributed by atoms with van der Waals surface area (Å²) in [6.45, 7) is 4.25. The number of benzene rings is 1. The third kappa shape index (κ3) is 3.53. The maximum atomic E-state index is 11.2. The number of hydrogen-bond acceptors (Lipinski definition) is 2. The number of ketones is 1. The van der Waals surface area contributed by atoms with E-state index >= 15 is 0 Å². The molecule has 3 heteroatoms. The normalized spacial score (nSPS) is 12.2. The van der Waals surface area contributed by atoms with E-state index in [0.717, 1.165) is 18.4 Å². The van der Waals surface area contributed by atoms with E-state index in [9.17, 15) is 4.79 Å².